The molecule has 0 saturated carbocycles. The lowest BCUT2D eigenvalue weighted by molar-refractivity contribution is 0.250. The predicted molar refractivity (Wildman–Crippen MR) is 110 cm³/mol. The third kappa shape index (κ3) is 4.48. The maximum Gasteiger partial charge on any atom is 0.319 e. The van der Waals surface area contributed by atoms with Gasteiger partial charge in [-0.1, -0.05) is 23.7 Å². The smallest absolute Gasteiger partial charge is 0.319 e. The molecule has 1 atom stereocenters. The Morgan fingerprint density at radius 3 is 2.97 bits per heavy atom. The third-order valence-corrected chi connectivity index (χ3v) is 5.12. The number of rotatable bonds is 5. The highest BCUT2D eigenvalue weighted by atomic mass is 35.5. The molecular weight excluding hydrogens is 395 g/mol. The van der Waals surface area contributed by atoms with E-state index in [1.807, 2.05) is 11.0 Å². The molecule has 1 fully saturated rings. The van der Waals surface area contributed by atoms with E-state index in [1.54, 1.807) is 36.7 Å². The van der Waals surface area contributed by atoms with Gasteiger partial charge in [0.05, 0.1) is 28.8 Å². The van der Waals surface area contributed by atoms with Gasteiger partial charge >= 0.3 is 6.03 Å². The van der Waals surface area contributed by atoms with Gasteiger partial charge in [-0.3, -0.25) is 0 Å². The number of hydrogen-bond acceptors (Lipinski definition) is 4. The van der Waals surface area contributed by atoms with Gasteiger partial charge in [0.15, 0.2) is 5.82 Å². The van der Waals surface area contributed by atoms with E-state index in [0.29, 0.717) is 35.3 Å². The number of hydrogen-bond donors (Lipinski definition) is 2. The Labute approximate surface area is 172 Å². The Morgan fingerprint density at radius 1 is 1.28 bits per heavy atom. The molecule has 2 amide bonds. The zero-order chi connectivity index (χ0) is 20.2. The summed E-state index contributed by atoms with van der Waals surface area (Å²) in [5, 5.41) is 10.3. The second-order valence-corrected chi connectivity index (χ2v) is 7.28. The van der Waals surface area contributed by atoms with Gasteiger partial charge in [0.1, 0.15) is 5.82 Å². The number of urea groups is 1. The average molecular weight is 415 g/mol. The van der Waals surface area contributed by atoms with Crippen molar-refractivity contribution in [2.75, 3.05) is 29.9 Å². The van der Waals surface area contributed by atoms with Crippen molar-refractivity contribution in [3.63, 3.8) is 0 Å². The van der Waals surface area contributed by atoms with Gasteiger partial charge in [-0.05, 0) is 36.6 Å². The molecule has 2 N–H and O–H groups in total. The van der Waals surface area contributed by atoms with E-state index in [4.69, 9.17) is 11.6 Å². The van der Waals surface area contributed by atoms with Crippen LogP contribution in [0.4, 0.5) is 20.6 Å². The van der Waals surface area contributed by atoms with Crippen LogP contribution in [-0.4, -0.2) is 40.4 Å². The number of carbonyl (C=O) groups is 1. The van der Waals surface area contributed by atoms with E-state index in [-0.39, 0.29) is 17.8 Å². The van der Waals surface area contributed by atoms with Crippen LogP contribution in [0.1, 0.15) is 6.42 Å². The van der Waals surface area contributed by atoms with Crippen LogP contribution in [0.15, 0.2) is 55.0 Å². The predicted octanol–water partition coefficient (Wildman–Crippen LogP) is 3.71. The van der Waals surface area contributed by atoms with Crippen molar-refractivity contribution >= 4 is 29.0 Å². The summed E-state index contributed by atoms with van der Waals surface area (Å²) in [5.41, 5.74) is 1.14. The maximum absolute atomic E-state index is 13.9. The zero-order valence-corrected chi connectivity index (χ0v) is 16.3. The summed E-state index contributed by atoms with van der Waals surface area (Å²) < 4.78 is 15.4. The summed E-state index contributed by atoms with van der Waals surface area (Å²) in [6, 6.07) is 9.89. The van der Waals surface area contributed by atoms with Crippen molar-refractivity contribution in [3.05, 3.63) is 65.8 Å². The molecule has 2 aromatic heterocycles. The first-order valence-corrected chi connectivity index (χ1v) is 9.68. The van der Waals surface area contributed by atoms with Crippen LogP contribution < -0.4 is 15.5 Å². The van der Waals surface area contributed by atoms with E-state index in [0.717, 1.165) is 13.0 Å². The summed E-state index contributed by atoms with van der Waals surface area (Å²) in [5.74, 6) is 0.529. The van der Waals surface area contributed by atoms with Crippen molar-refractivity contribution in [2.24, 2.45) is 5.92 Å². The lowest BCUT2D eigenvalue weighted by Gasteiger charge is -2.19. The van der Waals surface area contributed by atoms with Gasteiger partial charge in [-0.2, -0.15) is 5.10 Å². The number of nitrogens with zero attached hydrogens (tertiary/aromatic N) is 4. The minimum Gasteiger partial charge on any atom is -0.369 e. The fourth-order valence-corrected chi connectivity index (χ4v) is 3.60. The van der Waals surface area contributed by atoms with Crippen LogP contribution in [0.3, 0.4) is 0 Å². The van der Waals surface area contributed by atoms with Crippen LogP contribution in [0.2, 0.25) is 5.02 Å². The van der Waals surface area contributed by atoms with Gasteiger partial charge < -0.3 is 15.5 Å². The number of anilines is 2. The Hall–Kier alpha value is -3.13. The van der Waals surface area contributed by atoms with Crippen LogP contribution in [0.5, 0.6) is 0 Å². The topological polar surface area (TPSA) is 75.1 Å². The first-order chi connectivity index (χ1) is 14.1. The molecule has 1 unspecified atom stereocenters. The fourth-order valence-electron chi connectivity index (χ4n) is 3.39. The zero-order valence-electron chi connectivity index (χ0n) is 15.6. The third-order valence-electron chi connectivity index (χ3n) is 4.83. The molecule has 4 rings (SSSR count). The maximum atomic E-state index is 13.9. The number of carbonyl (C=O) groups excluding carboxylic acids is 1. The molecule has 1 aliphatic heterocycles. The van der Waals surface area contributed by atoms with Crippen LogP contribution in [0, 0.1) is 11.7 Å². The number of amides is 2. The molecule has 3 aromatic rings. The van der Waals surface area contributed by atoms with Crippen molar-refractivity contribution in [3.8, 4) is 5.82 Å². The first-order valence-electron chi connectivity index (χ1n) is 9.30. The number of benzene rings is 1. The summed E-state index contributed by atoms with van der Waals surface area (Å²) in [6.07, 6.45) is 5.68. The van der Waals surface area contributed by atoms with Crippen molar-refractivity contribution in [2.45, 2.75) is 6.42 Å². The highest BCUT2D eigenvalue weighted by molar-refractivity contribution is 6.32. The number of halogens is 2. The molecule has 1 aliphatic rings. The second-order valence-electron chi connectivity index (χ2n) is 6.87. The lowest BCUT2D eigenvalue weighted by atomic mass is 10.1. The van der Waals surface area contributed by atoms with E-state index < -0.39 is 0 Å². The SMILES string of the molecule is O=C(NCC1CCN(c2ccccc2F)C1)Nc1cnn(-c2ncccc2Cl)c1. The molecule has 1 aromatic carbocycles. The fraction of sp³-hybridized carbons (Fsp3) is 0.250. The Bertz CT molecular complexity index is 1010. The molecule has 29 heavy (non-hydrogen) atoms. The van der Waals surface area contributed by atoms with E-state index >= 15 is 0 Å². The van der Waals surface area contributed by atoms with Crippen LogP contribution in [-0.2, 0) is 0 Å². The lowest BCUT2D eigenvalue weighted by Crippen LogP contribution is -2.34. The monoisotopic (exact) mass is 414 g/mol. The average Bonchev–Trinajstić information content (AvgIpc) is 3.37. The summed E-state index contributed by atoms with van der Waals surface area (Å²) in [4.78, 5) is 18.4. The van der Waals surface area contributed by atoms with Crippen molar-refractivity contribution in [1.82, 2.24) is 20.1 Å². The molecule has 0 spiro atoms. The summed E-state index contributed by atoms with van der Waals surface area (Å²) >= 11 is 6.11. The van der Waals surface area contributed by atoms with E-state index in [1.165, 1.54) is 16.9 Å². The standard InChI is InChI=1S/C20H20ClFN6O/c21-16-4-3-8-23-19(16)28-13-15(11-25-28)26-20(29)24-10-14-7-9-27(12-14)18-6-2-1-5-17(18)22/h1-6,8,11,13-14H,7,9-10,12H2,(H2,24,26,29). The molecule has 0 radical (unpaired) electrons. The molecule has 1 saturated heterocycles. The minimum absolute atomic E-state index is 0.219. The highest BCUT2D eigenvalue weighted by Gasteiger charge is 2.24. The number of para-hydroxylation sites is 1. The molecule has 9 heteroatoms. The van der Waals surface area contributed by atoms with Crippen LogP contribution in [0.25, 0.3) is 5.82 Å². The number of nitrogens with one attached hydrogen (secondary N) is 2. The van der Waals surface area contributed by atoms with Gasteiger partial charge in [0.25, 0.3) is 0 Å². The molecule has 0 bridgehead atoms. The Kier molecular flexibility index (Phi) is 5.62. The van der Waals surface area contributed by atoms with Crippen molar-refractivity contribution < 1.29 is 9.18 Å². The van der Waals surface area contributed by atoms with E-state index in [9.17, 15) is 9.18 Å². The Morgan fingerprint density at radius 2 is 2.14 bits per heavy atom. The quantitative estimate of drug-likeness (QED) is 0.667. The van der Waals surface area contributed by atoms with Gasteiger partial charge in [0.2, 0.25) is 0 Å². The van der Waals surface area contributed by atoms with Crippen LogP contribution >= 0.6 is 11.6 Å². The van der Waals surface area contributed by atoms with Gasteiger partial charge in [-0.25, -0.2) is 18.9 Å². The van der Waals surface area contributed by atoms with E-state index in [2.05, 4.69) is 20.7 Å². The number of pyridine rings is 1. The van der Waals surface area contributed by atoms with Crippen molar-refractivity contribution in [1.29, 1.82) is 0 Å². The molecular formula is C20H20ClFN6O. The first kappa shape index (κ1) is 19.2. The molecule has 3 heterocycles. The Balaban J connectivity index is 1.28. The summed E-state index contributed by atoms with van der Waals surface area (Å²) in [7, 11) is 0. The molecule has 0 aliphatic carbocycles. The van der Waals surface area contributed by atoms with Gasteiger partial charge in [-0.15, -0.1) is 0 Å². The molecule has 7 nitrogen and oxygen atoms in total. The van der Waals surface area contributed by atoms with Gasteiger partial charge in [0, 0.05) is 25.8 Å². The minimum atomic E-state index is -0.319. The molecule has 150 valence electrons. The second kappa shape index (κ2) is 8.48. The highest BCUT2D eigenvalue weighted by Crippen LogP contribution is 2.25. The number of aromatic nitrogens is 3. The normalized spacial score (nSPS) is 16.1. The summed E-state index contributed by atoms with van der Waals surface area (Å²) in [6.45, 7) is 1.99. The largest absolute Gasteiger partial charge is 0.369 e.